The molecule has 0 unspecified atom stereocenters. The van der Waals surface area contributed by atoms with Gasteiger partial charge in [-0.1, -0.05) is 5.16 Å². The molecule has 28 heavy (non-hydrogen) atoms. The van der Waals surface area contributed by atoms with Crippen molar-refractivity contribution in [2.45, 2.75) is 27.4 Å². The molecule has 9 heteroatoms. The molecule has 0 spiro atoms. The SMILES string of the molecule is CCOc1cc(COC)nc(O/N=C(\C)c2sc(-c3cccnc3)nc2C)n1. The highest BCUT2D eigenvalue weighted by molar-refractivity contribution is 7.17. The lowest BCUT2D eigenvalue weighted by molar-refractivity contribution is 0.178. The Labute approximate surface area is 167 Å². The number of hydrogen-bond acceptors (Lipinski definition) is 9. The summed E-state index contributed by atoms with van der Waals surface area (Å²) in [7, 11) is 1.59. The van der Waals surface area contributed by atoms with E-state index in [4.69, 9.17) is 14.3 Å². The van der Waals surface area contributed by atoms with Gasteiger partial charge in [0.2, 0.25) is 5.88 Å². The van der Waals surface area contributed by atoms with E-state index in [1.54, 1.807) is 25.6 Å². The van der Waals surface area contributed by atoms with Crippen LogP contribution in [0, 0.1) is 6.92 Å². The van der Waals surface area contributed by atoms with E-state index < -0.39 is 0 Å². The molecule has 0 radical (unpaired) electrons. The zero-order valence-corrected chi connectivity index (χ0v) is 17.0. The predicted molar refractivity (Wildman–Crippen MR) is 107 cm³/mol. The summed E-state index contributed by atoms with van der Waals surface area (Å²) >= 11 is 1.53. The van der Waals surface area contributed by atoms with Gasteiger partial charge in [0.1, 0.15) is 5.01 Å². The fourth-order valence-electron chi connectivity index (χ4n) is 2.43. The van der Waals surface area contributed by atoms with E-state index in [1.807, 2.05) is 32.9 Å². The highest BCUT2D eigenvalue weighted by atomic mass is 32.1. The normalized spacial score (nSPS) is 11.5. The molecule has 0 aliphatic heterocycles. The van der Waals surface area contributed by atoms with Crippen molar-refractivity contribution in [1.29, 1.82) is 0 Å². The van der Waals surface area contributed by atoms with Gasteiger partial charge >= 0.3 is 6.01 Å². The Morgan fingerprint density at radius 1 is 1.25 bits per heavy atom. The first-order chi connectivity index (χ1) is 13.6. The molecule has 0 N–H and O–H groups in total. The van der Waals surface area contributed by atoms with Crippen LogP contribution in [-0.4, -0.2) is 39.4 Å². The van der Waals surface area contributed by atoms with E-state index in [1.165, 1.54) is 11.3 Å². The maximum absolute atomic E-state index is 5.46. The molecule has 0 saturated carbocycles. The Kier molecular flexibility index (Phi) is 6.62. The van der Waals surface area contributed by atoms with Crippen LogP contribution in [-0.2, 0) is 11.3 Å². The number of methoxy groups -OCH3 is 1. The average Bonchev–Trinajstić information content (AvgIpc) is 3.09. The molecule has 0 aliphatic rings. The summed E-state index contributed by atoms with van der Waals surface area (Å²) in [6, 6.07) is 5.68. The minimum atomic E-state index is 0.104. The maximum Gasteiger partial charge on any atom is 0.349 e. The first kappa shape index (κ1) is 19.8. The highest BCUT2D eigenvalue weighted by Crippen LogP contribution is 2.28. The van der Waals surface area contributed by atoms with Gasteiger partial charge in [0.05, 0.1) is 35.2 Å². The number of ether oxygens (including phenoxy) is 2. The monoisotopic (exact) mass is 399 g/mol. The van der Waals surface area contributed by atoms with Crippen LogP contribution in [0.2, 0.25) is 0 Å². The van der Waals surface area contributed by atoms with E-state index in [0.29, 0.717) is 30.5 Å². The van der Waals surface area contributed by atoms with Crippen molar-refractivity contribution in [3.63, 3.8) is 0 Å². The minimum absolute atomic E-state index is 0.104. The molecule has 3 aromatic heterocycles. The lowest BCUT2D eigenvalue weighted by atomic mass is 10.3. The van der Waals surface area contributed by atoms with Crippen LogP contribution in [0.5, 0.6) is 11.9 Å². The Morgan fingerprint density at radius 3 is 2.82 bits per heavy atom. The third kappa shape index (κ3) is 4.87. The van der Waals surface area contributed by atoms with Crippen LogP contribution in [0.1, 0.15) is 30.1 Å². The predicted octanol–water partition coefficient (Wildman–Crippen LogP) is 3.65. The number of aryl methyl sites for hydroxylation is 1. The molecular formula is C19H21N5O3S. The third-order valence-electron chi connectivity index (χ3n) is 3.62. The zero-order valence-electron chi connectivity index (χ0n) is 16.2. The second-order valence-corrected chi connectivity index (χ2v) is 6.79. The number of aromatic nitrogens is 4. The van der Waals surface area contributed by atoms with Crippen LogP contribution in [0.4, 0.5) is 0 Å². The number of hydrogen-bond donors (Lipinski definition) is 0. The van der Waals surface area contributed by atoms with Crippen molar-refractivity contribution < 1.29 is 14.3 Å². The molecule has 0 aliphatic carbocycles. The second kappa shape index (κ2) is 9.34. The van der Waals surface area contributed by atoms with Gasteiger partial charge in [0, 0.05) is 31.1 Å². The second-order valence-electron chi connectivity index (χ2n) is 5.79. The summed E-state index contributed by atoms with van der Waals surface area (Å²) in [6.45, 7) is 6.49. The lowest BCUT2D eigenvalue weighted by Crippen LogP contribution is -2.04. The van der Waals surface area contributed by atoms with Gasteiger partial charge < -0.3 is 14.3 Å². The summed E-state index contributed by atoms with van der Waals surface area (Å²) in [5.41, 5.74) is 3.17. The molecule has 3 aromatic rings. The minimum Gasteiger partial charge on any atom is -0.478 e. The largest absolute Gasteiger partial charge is 0.478 e. The smallest absolute Gasteiger partial charge is 0.349 e. The Hall–Kier alpha value is -2.91. The van der Waals surface area contributed by atoms with Gasteiger partial charge in [-0.3, -0.25) is 4.98 Å². The summed E-state index contributed by atoms with van der Waals surface area (Å²) < 4.78 is 10.6. The molecule has 0 atom stereocenters. The van der Waals surface area contributed by atoms with Crippen LogP contribution in [0.15, 0.2) is 35.7 Å². The molecule has 0 fully saturated rings. The average molecular weight is 399 g/mol. The summed E-state index contributed by atoms with van der Waals surface area (Å²) in [4.78, 5) is 23.6. The third-order valence-corrected chi connectivity index (χ3v) is 4.93. The summed E-state index contributed by atoms with van der Waals surface area (Å²) in [6.07, 6.45) is 3.52. The van der Waals surface area contributed by atoms with E-state index >= 15 is 0 Å². The molecular weight excluding hydrogens is 378 g/mol. The molecule has 146 valence electrons. The van der Waals surface area contributed by atoms with Gasteiger partial charge in [-0.2, -0.15) is 9.97 Å². The van der Waals surface area contributed by atoms with Gasteiger partial charge in [0.25, 0.3) is 0 Å². The number of oxime groups is 1. The van der Waals surface area contributed by atoms with E-state index in [9.17, 15) is 0 Å². The van der Waals surface area contributed by atoms with Crippen LogP contribution in [0.3, 0.4) is 0 Å². The molecule has 0 aromatic carbocycles. The Balaban J connectivity index is 1.82. The van der Waals surface area contributed by atoms with Crippen molar-refractivity contribution in [2.24, 2.45) is 5.16 Å². The lowest BCUT2D eigenvalue weighted by Gasteiger charge is -2.06. The van der Waals surface area contributed by atoms with Crippen LogP contribution >= 0.6 is 11.3 Å². The zero-order chi connectivity index (χ0) is 19.9. The van der Waals surface area contributed by atoms with Crippen molar-refractivity contribution >= 4 is 17.0 Å². The fraction of sp³-hybridized carbons (Fsp3) is 0.316. The van der Waals surface area contributed by atoms with Crippen molar-refractivity contribution in [3.8, 4) is 22.5 Å². The molecule has 3 rings (SSSR count). The Morgan fingerprint density at radius 2 is 2.11 bits per heavy atom. The van der Waals surface area contributed by atoms with E-state index in [-0.39, 0.29) is 6.01 Å². The fourth-order valence-corrected chi connectivity index (χ4v) is 3.42. The number of nitrogens with zero attached hydrogens (tertiary/aromatic N) is 5. The maximum atomic E-state index is 5.46. The van der Waals surface area contributed by atoms with Crippen LogP contribution < -0.4 is 9.57 Å². The van der Waals surface area contributed by atoms with E-state index in [0.717, 1.165) is 21.1 Å². The van der Waals surface area contributed by atoms with Gasteiger partial charge in [-0.25, -0.2) is 4.98 Å². The van der Waals surface area contributed by atoms with E-state index in [2.05, 4.69) is 25.1 Å². The van der Waals surface area contributed by atoms with Gasteiger partial charge in [0.15, 0.2) is 0 Å². The molecule has 0 bridgehead atoms. The standard InChI is InChI=1S/C19H21N5O3S/c1-5-26-16-9-15(11-25-4)22-19(23-16)27-24-13(3)17-12(2)21-18(28-17)14-7-6-8-20-10-14/h6-10H,5,11H2,1-4H3/b24-13+. The van der Waals surface area contributed by atoms with Crippen LogP contribution in [0.25, 0.3) is 10.6 Å². The molecule has 8 nitrogen and oxygen atoms in total. The number of rotatable bonds is 8. The summed E-state index contributed by atoms with van der Waals surface area (Å²) in [5, 5.41) is 5.07. The number of pyridine rings is 1. The first-order valence-electron chi connectivity index (χ1n) is 8.70. The van der Waals surface area contributed by atoms with Gasteiger partial charge in [-0.05, 0) is 32.9 Å². The van der Waals surface area contributed by atoms with Crippen molar-refractivity contribution in [2.75, 3.05) is 13.7 Å². The van der Waals surface area contributed by atoms with Crippen molar-refractivity contribution in [1.82, 2.24) is 19.9 Å². The van der Waals surface area contributed by atoms with Crippen molar-refractivity contribution in [3.05, 3.63) is 46.9 Å². The first-order valence-corrected chi connectivity index (χ1v) is 9.51. The molecule has 3 heterocycles. The quantitative estimate of drug-likeness (QED) is 0.422. The molecule has 0 saturated heterocycles. The van der Waals surface area contributed by atoms with Gasteiger partial charge in [-0.15, -0.1) is 11.3 Å². The number of thiazole rings is 1. The highest BCUT2D eigenvalue weighted by Gasteiger charge is 2.13. The summed E-state index contributed by atoms with van der Waals surface area (Å²) in [5.74, 6) is 0.417. The Bertz CT molecular complexity index is 935. The topological polar surface area (TPSA) is 91.6 Å². The molecule has 0 amide bonds.